The van der Waals surface area contributed by atoms with Crippen molar-refractivity contribution in [2.75, 3.05) is 12.4 Å². The summed E-state index contributed by atoms with van der Waals surface area (Å²) in [5.41, 5.74) is 2.10. The Morgan fingerprint density at radius 2 is 1.94 bits per heavy atom. The average Bonchev–Trinajstić information content (AvgIpc) is 3.28. The molecule has 1 aliphatic carbocycles. The zero-order valence-electron chi connectivity index (χ0n) is 18.8. The molecule has 0 bridgehead atoms. The van der Waals surface area contributed by atoms with Gasteiger partial charge in [-0.05, 0) is 62.2 Å². The largest absolute Gasteiger partial charge is 0.497 e. The van der Waals surface area contributed by atoms with Crippen LogP contribution in [0.4, 0.5) is 5.69 Å². The molecule has 33 heavy (non-hydrogen) atoms. The van der Waals surface area contributed by atoms with Crippen LogP contribution in [0.25, 0.3) is 11.4 Å². The van der Waals surface area contributed by atoms with Crippen molar-refractivity contribution in [3.8, 4) is 23.2 Å². The molecule has 4 rings (SSSR count). The quantitative estimate of drug-likeness (QED) is 0.470. The summed E-state index contributed by atoms with van der Waals surface area (Å²) in [7, 11) is 1.65. The lowest BCUT2D eigenvalue weighted by molar-refractivity contribution is -0.115. The molecular formula is C25H27N5O2S. The highest BCUT2D eigenvalue weighted by molar-refractivity contribution is 8.00. The first-order valence-electron chi connectivity index (χ1n) is 11.2. The number of anilines is 1. The third kappa shape index (κ3) is 5.37. The topological polar surface area (TPSA) is 92.8 Å². The van der Waals surface area contributed by atoms with Crippen LogP contribution in [0.5, 0.6) is 5.75 Å². The highest BCUT2D eigenvalue weighted by atomic mass is 32.2. The van der Waals surface area contributed by atoms with E-state index in [1.54, 1.807) is 31.4 Å². The lowest BCUT2D eigenvalue weighted by Crippen LogP contribution is -2.23. The number of aromatic nitrogens is 3. The molecule has 1 fully saturated rings. The summed E-state index contributed by atoms with van der Waals surface area (Å²) in [5, 5.41) is 21.4. The number of benzene rings is 2. The molecule has 0 aliphatic heterocycles. The molecule has 0 spiro atoms. The van der Waals surface area contributed by atoms with E-state index in [1.165, 1.54) is 31.0 Å². The Kier molecular flexibility index (Phi) is 7.30. The Morgan fingerprint density at radius 3 is 2.64 bits per heavy atom. The summed E-state index contributed by atoms with van der Waals surface area (Å²) in [5.74, 6) is 1.48. The lowest BCUT2D eigenvalue weighted by Gasteiger charge is -2.26. The van der Waals surface area contributed by atoms with Gasteiger partial charge in [-0.2, -0.15) is 5.26 Å². The highest BCUT2D eigenvalue weighted by Gasteiger charge is 2.26. The summed E-state index contributed by atoms with van der Waals surface area (Å²) in [6, 6.07) is 17.2. The number of ether oxygens (including phenoxy) is 1. The molecule has 0 radical (unpaired) electrons. The third-order valence-corrected chi connectivity index (χ3v) is 6.92. The summed E-state index contributed by atoms with van der Waals surface area (Å²) in [6.07, 6.45) is 5.77. The van der Waals surface area contributed by atoms with Gasteiger partial charge in [-0.1, -0.05) is 37.1 Å². The first kappa shape index (κ1) is 22.9. The second-order valence-corrected chi connectivity index (χ2v) is 9.45. The van der Waals surface area contributed by atoms with Crippen LogP contribution in [0.3, 0.4) is 0 Å². The van der Waals surface area contributed by atoms with Gasteiger partial charge in [0.05, 0.1) is 24.0 Å². The second-order valence-electron chi connectivity index (χ2n) is 8.14. The molecule has 2 aromatic carbocycles. The first-order chi connectivity index (χ1) is 16.1. The molecule has 1 atom stereocenters. The van der Waals surface area contributed by atoms with Gasteiger partial charge in [0.25, 0.3) is 0 Å². The third-order valence-electron chi connectivity index (χ3n) is 5.86. The van der Waals surface area contributed by atoms with Crippen LogP contribution in [-0.4, -0.2) is 33.0 Å². The monoisotopic (exact) mass is 461 g/mol. The Morgan fingerprint density at radius 1 is 1.18 bits per heavy atom. The smallest absolute Gasteiger partial charge is 0.237 e. The van der Waals surface area contributed by atoms with Crippen LogP contribution in [0.1, 0.15) is 50.6 Å². The number of amides is 1. The van der Waals surface area contributed by atoms with Crippen molar-refractivity contribution in [1.82, 2.24) is 14.8 Å². The summed E-state index contributed by atoms with van der Waals surface area (Å²) in [6.45, 7) is 1.86. The molecule has 1 unspecified atom stereocenters. The van der Waals surface area contributed by atoms with Gasteiger partial charge in [-0.15, -0.1) is 10.2 Å². The van der Waals surface area contributed by atoms with E-state index >= 15 is 0 Å². The van der Waals surface area contributed by atoms with Crippen LogP contribution in [0.15, 0.2) is 53.7 Å². The predicted molar refractivity (Wildman–Crippen MR) is 129 cm³/mol. The number of carbonyl (C=O) groups is 1. The van der Waals surface area contributed by atoms with Crippen LogP contribution >= 0.6 is 11.8 Å². The van der Waals surface area contributed by atoms with E-state index in [1.807, 2.05) is 31.2 Å². The Hall–Kier alpha value is -3.31. The number of nitrogens with one attached hydrogen (secondary N) is 1. The SMILES string of the molecule is COc1ccc(-c2nnc(SC(C)C(=O)Nc3cccc(C#N)c3)n2C2CCCCC2)cc1. The fourth-order valence-corrected chi connectivity index (χ4v) is 5.00. The van der Waals surface area contributed by atoms with Crippen molar-refractivity contribution in [2.24, 2.45) is 0 Å². The highest BCUT2D eigenvalue weighted by Crippen LogP contribution is 2.37. The molecule has 1 aromatic heterocycles. The fourth-order valence-electron chi connectivity index (χ4n) is 4.08. The number of rotatable bonds is 7. The van der Waals surface area contributed by atoms with Gasteiger partial charge >= 0.3 is 0 Å². The molecule has 1 saturated carbocycles. The second kappa shape index (κ2) is 10.5. The lowest BCUT2D eigenvalue weighted by atomic mass is 9.95. The fraction of sp³-hybridized carbons (Fsp3) is 0.360. The van der Waals surface area contributed by atoms with Gasteiger partial charge in [0, 0.05) is 17.3 Å². The van der Waals surface area contributed by atoms with Gasteiger partial charge in [0.15, 0.2) is 11.0 Å². The molecule has 170 valence electrons. The molecule has 7 nitrogen and oxygen atoms in total. The molecule has 1 amide bonds. The van der Waals surface area contributed by atoms with Crippen molar-refractivity contribution >= 4 is 23.4 Å². The van der Waals surface area contributed by atoms with Gasteiger partial charge in [0.2, 0.25) is 5.91 Å². The van der Waals surface area contributed by atoms with E-state index in [0.717, 1.165) is 35.1 Å². The minimum Gasteiger partial charge on any atom is -0.497 e. The van der Waals surface area contributed by atoms with E-state index in [-0.39, 0.29) is 11.2 Å². The van der Waals surface area contributed by atoms with E-state index in [4.69, 9.17) is 10.00 Å². The van der Waals surface area contributed by atoms with Crippen LogP contribution in [-0.2, 0) is 4.79 Å². The number of methoxy groups -OCH3 is 1. The Bertz CT molecular complexity index is 1150. The molecule has 8 heteroatoms. The van der Waals surface area contributed by atoms with E-state index in [0.29, 0.717) is 17.3 Å². The van der Waals surface area contributed by atoms with Crippen LogP contribution in [0, 0.1) is 11.3 Å². The maximum absolute atomic E-state index is 12.9. The van der Waals surface area contributed by atoms with Crippen molar-refractivity contribution in [3.63, 3.8) is 0 Å². The maximum atomic E-state index is 12.9. The summed E-state index contributed by atoms with van der Waals surface area (Å²) >= 11 is 1.41. The minimum atomic E-state index is -0.383. The van der Waals surface area contributed by atoms with E-state index in [9.17, 15) is 4.79 Å². The average molecular weight is 462 g/mol. The Labute approximate surface area is 198 Å². The number of hydrogen-bond acceptors (Lipinski definition) is 6. The number of hydrogen-bond donors (Lipinski definition) is 1. The standard InChI is InChI=1S/C25H27N5O2S/c1-17(24(31)27-20-8-6-7-18(15-20)16-26)33-25-29-28-23(19-11-13-22(32-2)14-12-19)30(25)21-9-4-3-5-10-21/h6-8,11-15,17,21H,3-5,9-10H2,1-2H3,(H,27,31). The van der Waals surface area contributed by atoms with Gasteiger partial charge < -0.3 is 10.1 Å². The predicted octanol–water partition coefficient (Wildman–Crippen LogP) is 5.45. The number of thioether (sulfide) groups is 1. The van der Waals surface area contributed by atoms with Crippen LogP contribution < -0.4 is 10.1 Å². The minimum absolute atomic E-state index is 0.140. The van der Waals surface area contributed by atoms with E-state index < -0.39 is 0 Å². The van der Waals surface area contributed by atoms with Crippen molar-refractivity contribution in [3.05, 3.63) is 54.1 Å². The Balaban J connectivity index is 1.57. The zero-order valence-corrected chi connectivity index (χ0v) is 19.6. The first-order valence-corrected chi connectivity index (χ1v) is 12.0. The molecule has 3 aromatic rings. The number of nitriles is 1. The van der Waals surface area contributed by atoms with E-state index in [2.05, 4.69) is 26.2 Å². The molecular weight excluding hydrogens is 434 g/mol. The van der Waals surface area contributed by atoms with Crippen molar-refractivity contribution in [2.45, 2.75) is 55.5 Å². The van der Waals surface area contributed by atoms with Crippen LogP contribution in [0.2, 0.25) is 0 Å². The normalized spacial score (nSPS) is 14.9. The number of carbonyl (C=O) groups excluding carboxylic acids is 1. The maximum Gasteiger partial charge on any atom is 0.237 e. The van der Waals surface area contributed by atoms with Gasteiger partial charge in [-0.25, -0.2) is 0 Å². The summed E-state index contributed by atoms with van der Waals surface area (Å²) in [4.78, 5) is 12.9. The number of nitrogens with zero attached hydrogens (tertiary/aromatic N) is 4. The van der Waals surface area contributed by atoms with Crippen molar-refractivity contribution in [1.29, 1.82) is 5.26 Å². The molecule has 1 aliphatic rings. The molecule has 1 heterocycles. The summed E-state index contributed by atoms with van der Waals surface area (Å²) < 4.78 is 7.50. The van der Waals surface area contributed by atoms with Gasteiger partial charge in [-0.3, -0.25) is 9.36 Å². The van der Waals surface area contributed by atoms with Gasteiger partial charge in [0.1, 0.15) is 5.75 Å². The molecule has 1 N–H and O–H groups in total. The van der Waals surface area contributed by atoms with Crippen molar-refractivity contribution < 1.29 is 9.53 Å². The zero-order chi connectivity index (χ0) is 23.2. The molecule has 0 saturated heterocycles.